The number of hydrogen-bond acceptors (Lipinski definition) is 7. The molecule has 1 amide bonds. The summed E-state index contributed by atoms with van der Waals surface area (Å²) < 4.78 is 30.5. The fourth-order valence-electron chi connectivity index (χ4n) is 5.74. The monoisotopic (exact) mass is 591 g/mol. The average Bonchev–Trinajstić information content (AvgIpc) is 3.51. The molecule has 2 aromatic carbocycles. The quantitative estimate of drug-likeness (QED) is 0.334. The van der Waals surface area contributed by atoms with Crippen LogP contribution in [0.1, 0.15) is 46.6 Å². The number of amides is 1. The first-order valence-corrected chi connectivity index (χ1v) is 14.9. The van der Waals surface area contributed by atoms with Crippen LogP contribution >= 0.6 is 11.3 Å². The number of halogens is 2. The van der Waals surface area contributed by atoms with Crippen molar-refractivity contribution in [1.82, 2.24) is 15.2 Å². The number of aliphatic imine (C=N–C) groups is 1. The number of amidine groups is 1. The predicted molar refractivity (Wildman–Crippen MR) is 162 cm³/mol. The molecule has 10 heteroatoms. The van der Waals surface area contributed by atoms with Gasteiger partial charge in [-0.1, -0.05) is 24.3 Å². The van der Waals surface area contributed by atoms with Crippen LogP contribution in [0.25, 0.3) is 0 Å². The second-order valence-electron chi connectivity index (χ2n) is 11.4. The van der Waals surface area contributed by atoms with E-state index in [9.17, 15) is 14.0 Å². The molecule has 0 saturated carbocycles. The molecule has 2 aliphatic heterocycles. The molecular weight excluding hydrogens is 556 g/mol. The van der Waals surface area contributed by atoms with E-state index in [2.05, 4.69) is 15.2 Å². The first kappa shape index (κ1) is 29.7. The molecule has 2 aliphatic rings. The molecule has 0 bridgehead atoms. The molecule has 5 rings (SSSR count). The normalized spacial score (nSPS) is 22.9. The molecule has 220 valence electrons. The van der Waals surface area contributed by atoms with Crippen LogP contribution < -0.4 is 10.2 Å². The zero-order valence-electron chi connectivity index (χ0n) is 24.2. The molecule has 0 radical (unpaired) electrons. The van der Waals surface area contributed by atoms with Gasteiger partial charge in [-0.15, -0.1) is 11.3 Å². The number of piperidine rings is 1. The highest BCUT2D eigenvalue weighted by Gasteiger charge is 2.41. The minimum Gasteiger partial charge on any atom is -0.340 e. The Morgan fingerprint density at radius 1 is 1.21 bits per heavy atom. The third-order valence-electron chi connectivity index (χ3n) is 8.38. The Balaban J connectivity index is 1.44. The van der Waals surface area contributed by atoms with E-state index in [0.717, 1.165) is 29.5 Å². The Hall–Kier alpha value is -3.76. The van der Waals surface area contributed by atoms with Gasteiger partial charge in [0.25, 0.3) is 0 Å². The summed E-state index contributed by atoms with van der Waals surface area (Å²) >= 11 is 1.41. The van der Waals surface area contributed by atoms with Gasteiger partial charge in [-0.25, -0.2) is 13.8 Å². The number of alkyl halides is 1. The van der Waals surface area contributed by atoms with Gasteiger partial charge < -0.3 is 10.2 Å². The maximum absolute atomic E-state index is 15.9. The van der Waals surface area contributed by atoms with Crippen molar-refractivity contribution in [1.29, 1.82) is 0 Å². The van der Waals surface area contributed by atoms with Crippen LogP contribution in [-0.4, -0.2) is 60.3 Å². The maximum atomic E-state index is 15.9. The first-order chi connectivity index (χ1) is 20.1. The van der Waals surface area contributed by atoms with Crippen LogP contribution in [-0.2, 0) is 9.59 Å². The number of nitrogens with zero attached hydrogens (tertiary/aromatic N) is 4. The van der Waals surface area contributed by atoms with Gasteiger partial charge >= 0.3 is 0 Å². The third kappa shape index (κ3) is 6.05. The largest absolute Gasteiger partial charge is 0.340 e. The Bertz CT molecular complexity index is 1540. The van der Waals surface area contributed by atoms with Gasteiger partial charge in [-0.3, -0.25) is 19.5 Å². The third-order valence-corrected chi connectivity index (χ3v) is 9.16. The molecule has 1 N–H and O–H groups in total. The highest BCUT2D eigenvalue weighted by Crippen LogP contribution is 2.36. The van der Waals surface area contributed by atoms with Gasteiger partial charge in [0.2, 0.25) is 6.41 Å². The fraction of sp³-hybridized carbons (Fsp3) is 0.375. The van der Waals surface area contributed by atoms with Crippen molar-refractivity contribution in [2.24, 2.45) is 10.9 Å². The molecule has 3 atom stereocenters. The van der Waals surface area contributed by atoms with E-state index >= 15 is 4.39 Å². The fourth-order valence-corrected chi connectivity index (χ4v) is 6.33. The molecule has 2 unspecified atom stereocenters. The van der Waals surface area contributed by atoms with Crippen molar-refractivity contribution in [3.63, 3.8) is 0 Å². The van der Waals surface area contributed by atoms with Gasteiger partial charge in [-0.2, -0.15) is 0 Å². The summed E-state index contributed by atoms with van der Waals surface area (Å²) in [5, 5.41) is 5.81. The Labute approximate surface area is 249 Å². The highest BCUT2D eigenvalue weighted by molar-refractivity contribution is 7.11. The highest BCUT2D eigenvalue weighted by atomic mass is 32.1. The number of anilines is 1. The lowest BCUT2D eigenvalue weighted by molar-refractivity contribution is -0.108. The number of aryl methyl sites for hydroxylation is 2. The van der Waals surface area contributed by atoms with Crippen molar-refractivity contribution < 1.29 is 18.4 Å². The van der Waals surface area contributed by atoms with E-state index in [1.54, 1.807) is 37.1 Å². The number of likely N-dealkylation sites (tertiary alicyclic amines) is 1. The van der Waals surface area contributed by atoms with Gasteiger partial charge in [0.1, 0.15) is 23.8 Å². The standard InChI is InChI=1S/C32H35F2N5O2S/c1-20-8-9-21(2)28(14-20)39(19-41)16-23-15-38(12-10-32(23,4)34)17-27-25(18-40)29(24-6-5-7-26(33)22(24)3)37-30(36-27)31-35-11-13-42-31/h5-9,11,13-14,18-19,23,29H,10,12,15-17H2,1-4H3,(H,36,37)/t23?,29-,32?/m0/s1. The summed E-state index contributed by atoms with van der Waals surface area (Å²) in [6, 6.07) is 9.97. The number of benzene rings is 2. The maximum Gasteiger partial charge on any atom is 0.214 e. The molecule has 3 aromatic rings. The number of thiazole rings is 1. The number of rotatable bonds is 9. The van der Waals surface area contributed by atoms with Crippen molar-refractivity contribution in [2.75, 3.05) is 31.1 Å². The van der Waals surface area contributed by atoms with Crippen LogP contribution in [0.3, 0.4) is 0 Å². The van der Waals surface area contributed by atoms with Crippen LogP contribution in [0.4, 0.5) is 14.5 Å². The molecule has 7 nitrogen and oxygen atoms in total. The van der Waals surface area contributed by atoms with E-state index < -0.39 is 17.6 Å². The van der Waals surface area contributed by atoms with Gasteiger partial charge in [0, 0.05) is 60.6 Å². The molecular formula is C32H35F2N5O2S. The van der Waals surface area contributed by atoms with E-state index in [1.807, 2.05) is 37.4 Å². The summed E-state index contributed by atoms with van der Waals surface area (Å²) in [5.41, 5.74) is 3.32. The van der Waals surface area contributed by atoms with E-state index in [0.29, 0.717) is 52.9 Å². The summed E-state index contributed by atoms with van der Waals surface area (Å²) in [7, 11) is 0. The number of nitrogens with one attached hydrogen (secondary N) is 1. The second-order valence-corrected chi connectivity index (χ2v) is 12.3. The lowest BCUT2D eigenvalue weighted by Gasteiger charge is -2.43. The SMILES string of the molecule is Cc1ccc(C)c(N(C=O)CC2CN(CC3=C(C=O)[C@H](c4cccc(F)c4C)N=C(c4nccs4)N3)CCC2(C)F)c1. The average molecular weight is 592 g/mol. The molecule has 42 heavy (non-hydrogen) atoms. The van der Waals surface area contributed by atoms with Gasteiger partial charge in [0.05, 0.1) is 0 Å². The topological polar surface area (TPSA) is 77.9 Å². The lowest BCUT2D eigenvalue weighted by Crippen LogP contribution is -2.53. The minimum atomic E-state index is -1.48. The Kier molecular flexibility index (Phi) is 8.65. The van der Waals surface area contributed by atoms with Crippen LogP contribution in [0.2, 0.25) is 0 Å². The number of carbonyl (C=O) groups excluding carboxylic acids is 2. The van der Waals surface area contributed by atoms with E-state index in [4.69, 9.17) is 4.99 Å². The summed E-state index contributed by atoms with van der Waals surface area (Å²) in [6.45, 7) is 8.59. The van der Waals surface area contributed by atoms with Crippen LogP contribution in [0.15, 0.2) is 64.2 Å². The van der Waals surface area contributed by atoms with E-state index in [1.165, 1.54) is 17.4 Å². The molecule has 3 heterocycles. The summed E-state index contributed by atoms with van der Waals surface area (Å²) in [5.74, 6) is -0.327. The lowest BCUT2D eigenvalue weighted by atomic mass is 9.83. The Morgan fingerprint density at radius 2 is 2.02 bits per heavy atom. The van der Waals surface area contributed by atoms with Crippen molar-refractivity contribution in [2.45, 2.75) is 45.8 Å². The molecule has 0 aliphatic carbocycles. The number of carbonyl (C=O) groups is 2. The molecule has 0 spiro atoms. The smallest absolute Gasteiger partial charge is 0.214 e. The van der Waals surface area contributed by atoms with Crippen molar-refractivity contribution >= 4 is 35.6 Å². The Morgan fingerprint density at radius 3 is 2.74 bits per heavy atom. The summed E-state index contributed by atoms with van der Waals surface area (Å²) in [6.07, 6.45) is 3.50. The van der Waals surface area contributed by atoms with Gasteiger partial charge in [-0.05, 0) is 68.5 Å². The van der Waals surface area contributed by atoms with Crippen molar-refractivity contribution in [3.05, 3.63) is 92.3 Å². The molecule has 1 saturated heterocycles. The zero-order valence-corrected chi connectivity index (χ0v) is 25.0. The van der Waals surface area contributed by atoms with Crippen LogP contribution in [0.5, 0.6) is 0 Å². The minimum absolute atomic E-state index is 0.223. The predicted octanol–water partition coefficient (Wildman–Crippen LogP) is 5.46. The van der Waals surface area contributed by atoms with Gasteiger partial charge in [0.15, 0.2) is 10.8 Å². The first-order valence-electron chi connectivity index (χ1n) is 14.0. The summed E-state index contributed by atoms with van der Waals surface area (Å²) in [4.78, 5) is 37.6. The zero-order chi connectivity index (χ0) is 30.0. The van der Waals surface area contributed by atoms with Crippen LogP contribution in [0, 0.1) is 32.5 Å². The molecule has 1 aromatic heterocycles. The second kappa shape index (κ2) is 12.2. The molecule has 1 fully saturated rings. The van der Waals surface area contributed by atoms with E-state index in [-0.39, 0.29) is 18.8 Å². The number of aromatic nitrogens is 1. The number of hydrogen-bond donors (Lipinski definition) is 1. The number of aldehydes is 1. The van der Waals surface area contributed by atoms with Crippen molar-refractivity contribution in [3.8, 4) is 0 Å².